The number of piperazine rings is 1. The minimum atomic E-state index is -0.638. The minimum absolute atomic E-state index is 0.0825. The van der Waals surface area contributed by atoms with E-state index in [4.69, 9.17) is 21.1 Å². The minimum Gasteiger partial charge on any atom is -0.494 e. The number of aryl methyl sites for hydroxylation is 1. The van der Waals surface area contributed by atoms with Gasteiger partial charge in [-0.1, -0.05) is 23.7 Å². The van der Waals surface area contributed by atoms with Crippen LogP contribution in [0.25, 0.3) is 0 Å². The van der Waals surface area contributed by atoms with Gasteiger partial charge in [0.05, 0.1) is 30.4 Å². The number of nitrogens with zero attached hydrogens (tertiary/aromatic N) is 6. The van der Waals surface area contributed by atoms with Gasteiger partial charge in [-0.25, -0.2) is 14.0 Å². The summed E-state index contributed by atoms with van der Waals surface area (Å²) >= 11 is 6.33. The lowest BCUT2D eigenvalue weighted by Gasteiger charge is -2.40. The lowest BCUT2D eigenvalue weighted by atomic mass is 9.95. The number of ether oxygens (including phenoxy) is 2. The molecule has 2 amide bonds. The molecule has 3 aromatic rings. The summed E-state index contributed by atoms with van der Waals surface area (Å²) in [4.78, 5) is 40.8. The molecule has 5 rings (SSSR count). The van der Waals surface area contributed by atoms with E-state index in [1.54, 1.807) is 46.2 Å². The van der Waals surface area contributed by atoms with Crippen molar-refractivity contribution in [1.82, 2.24) is 25.1 Å². The van der Waals surface area contributed by atoms with E-state index in [9.17, 15) is 13.8 Å². The van der Waals surface area contributed by atoms with Crippen LogP contribution in [0.15, 0.2) is 42.6 Å². The molecule has 3 N–H and O–H groups in total. The fourth-order valence-electron chi connectivity index (χ4n) is 6.65. The summed E-state index contributed by atoms with van der Waals surface area (Å²) in [6.07, 6.45) is 3.09. The fourth-order valence-corrected chi connectivity index (χ4v) is 7.05. The first kappa shape index (κ1) is 39.9. The van der Waals surface area contributed by atoms with Crippen molar-refractivity contribution in [2.45, 2.75) is 59.1 Å². The van der Waals surface area contributed by atoms with E-state index in [0.29, 0.717) is 47.2 Å². The van der Waals surface area contributed by atoms with Crippen molar-refractivity contribution >= 4 is 70.0 Å². The first-order chi connectivity index (χ1) is 25.2. The maximum atomic E-state index is 13.0. The van der Waals surface area contributed by atoms with E-state index in [1.807, 2.05) is 35.2 Å². The Morgan fingerprint density at radius 1 is 1.06 bits per heavy atom. The Bertz CT molecular complexity index is 1760. The zero-order valence-corrected chi connectivity index (χ0v) is 33.3. The van der Waals surface area contributed by atoms with Crippen molar-refractivity contribution in [3.05, 3.63) is 53.2 Å². The van der Waals surface area contributed by atoms with Gasteiger partial charge in [0, 0.05) is 64.6 Å². The van der Waals surface area contributed by atoms with E-state index in [-0.39, 0.29) is 17.8 Å². The molecule has 0 spiro atoms. The predicted molar refractivity (Wildman–Crippen MR) is 213 cm³/mol. The van der Waals surface area contributed by atoms with Gasteiger partial charge in [0.2, 0.25) is 11.9 Å². The molecule has 2 aromatic carbocycles. The molecule has 1 aromatic heterocycles. The number of halogens is 1. The highest BCUT2D eigenvalue weighted by Crippen LogP contribution is 2.37. The Labute approximate surface area is 321 Å². The SMILES string of the molecule is COc1cc(N2CCC(CN3CCN(C(=O)[C@H](C)NC(=O)OC(C)(C)C)CC3)CC2)c(C)cc1Nc1ncc(Cl)c(Nc2ccccc2N(C)[SH]=O)n1. The molecule has 0 aliphatic carbocycles. The molecule has 0 radical (unpaired) electrons. The van der Waals surface area contributed by atoms with Crippen LogP contribution in [0.3, 0.4) is 0 Å². The Hall–Kier alpha value is -4.34. The zero-order valence-electron chi connectivity index (χ0n) is 31.6. The van der Waals surface area contributed by atoms with Crippen LogP contribution in [0, 0.1) is 12.8 Å². The Kier molecular flexibility index (Phi) is 13.3. The monoisotopic (exact) mass is 769 g/mol. The summed E-state index contributed by atoms with van der Waals surface area (Å²) in [5.74, 6) is 1.90. The number of anilines is 6. The molecule has 1 atom stereocenters. The molecule has 0 unspecified atom stereocenters. The van der Waals surface area contributed by atoms with E-state index >= 15 is 0 Å². The number of benzene rings is 2. The van der Waals surface area contributed by atoms with Gasteiger partial charge in [-0.3, -0.25) is 14.0 Å². The van der Waals surface area contributed by atoms with Crippen LogP contribution in [0.2, 0.25) is 5.02 Å². The lowest BCUT2D eigenvalue weighted by Crippen LogP contribution is -2.55. The maximum Gasteiger partial charge on any atom is 0.408 e. The topological polar surface area (TPSA) is 144 Å². The van der Waals surface area contributed by atoms with Gasteiger partial charge < -0.3 is 35.2 Å². The van der Waals surface area contributed by atoms with Crippen molar-refractivity contribution in [3.8, 4) is 5.75 Å². The summed E-state index contributed by atoms with van der Waals surface area (Å²) < 4.78 is 24.2. The zero-order chi connectivity index (χ0) is 38.3. The normalized spacial score (nSPS) is 16.2. The molecule has 0 saturated carbocycles. The predicted octanol–water partition coefficient (Wildman–Crippen LogP) is 5.50. The highest BCUT2D eigenvalue weighted by molar-refractivity contribution is 7.67. The number of piperidine rings is 1. The van der Waals surface area contributed by atoms with Gasteiger partial charge in [-0.15, -0.1) is 0 Å². The van der Waals surface area contributed by atoms with Crippen LogP contribution in [-0.2, 0) is 21.4 Å². The molecule has 2 aliphatic heterocycles. The molecule has 3 heterocycles. The average molecular weight is 770 g/mol. The summed E-state index contributed by atoms with van der Waals surface area (Å²) in [5, 5.41) is 9.55. The van der Waals surface area contributed by atoms with Gasteiger partial charge in [-0.2, -0.15) is 4.98 Å². The molecule has 2 aliphatic rings. The van der Waals surface area contributed by atoms with Crippen LogP contribution in [-0.4, -0.2) is 108 Å². The number of hydrogen-bond acceptors (Lipinski definition) is 11. The standard InChI is InChI=1S/C37H52ClN9O5S/c1-24-20-29(42-35-39-22-27(38)33(43-35)41-28-10-8-9-11-30(28)44(6)53-50)32(51-7)21-31(24)46-14-12-26(13-15-46)23-45-16-18-47(19-17-45)34(48)25(2)40-36(49)52-37(3,4)5/h8-11,20-22,25-26,53H,12-19,23H2,1-7H3,(H,40,49)(H2,39,41,42,43)/t25-/m0/s1. The highest BCUT2D eigenvalue weighted by Gasteiger charge is 2.29. The molecule has 16 heteroatoms. The quantitative estimate of drug-likeness (QED) is 0.173. The second-order valence-corrected chi connectivity index (χ2v) is 15.7. The number of thiol groups is 1. The number of hydrogen-bond donors (Lipinski definition) is 4. The number of carbonyl (C=O) groups is 2. The maximum absolute atomic E-state index is 13.0. The number of carbonyl (C=O) groups excluding carboxylic acids is 2. The average Bonchev–Trinajstić information content (AvgIpc) is 3.12. The molecular formula is C37H52ClN9O5S. The molecule has 53 heavy (non-hydrogen) atoms. The largest absolute Gasteiger partial charge is 0.494 e. The summed E-state index contributed by atoms with van der Waals surface area (Å²) in [5.41, 5.74) is 3.76. The number of para-hydroxylation sites is 2. The number of alkyl carbamates (subject to hydrolysis) is 1. The molecule has 14 nitrogen and oxygen atoms in total. The number of nitrogens with one attached hydrogen (secondary N) is 3. The number of aromatic nitrogens is 2. The summed E-state index contributed by atoms with van der Waals surface area (Å²) in [6, 6.07) is 10.9. The van der Waals surface area contributed by atoms with Crippen molar-refractivity contribution in [1.29, 1.82) is 0 Å². The van der Waals surface area contributed by atoms with E-state index < -0.39 is 17.7 Å². The van der Waals surface area contributed by atoms with Crippen molar-refractivity contribution in [3.63, 3.8) is 0 Å². The van der Waals surface area contributed by atoms with Gasteiger partial charge in [0.1, 0.15) is 34.3 Å². The third kappa shape index (κ3) is 10.6. The van der Waals surface area contributed by atoms with Gasteiger partial charge in [-0.05, 0) is 77.1 Å². The first-order valence-electron chi connectivity index (χ1n) is 17.9. The van der Waals surface area contributed by atoms with Crippen LogP contribution in [0.4, 0.5) is 39.3 Å². The van der Waals surface area contributed by atoms with Crippen LogP contribution in [0.1, 0.15) is 46.1 Å². The molecule has 2 fully saturated rings. The van der Waals surface area contributed by atoms with Gasteiger partial charge in [0.15, 0.2) is 5.82 Å². The van der Waals surface area contributed by atoms with E-state index in [0.717, 1.165) is 68.2 Å². The van der Waals surface area contributed by atoms with Crippen molar-refractivity contribution in [2.75, 3.05) is 79.8 Å². The van der Waals surface area contributed by atoms with Crippen LogP contribution < -0.4 is 29.9 Å². The second-order valence-electron chi connectivity index (χ2n) is 14.5. The van der Waals surface area contributed by atoms with E-state index in [2.05, 4.69) is 48.7 Å². The van der Waals surface area contributed by atoms with Crippen molar-refractivity contribution < 1.29 is 23.3 Å². The number of amides is 2. The fraction of sp³-hybridized carbons (Fsp3) is 0.514. The van der Waals surface area contributed by atoms with Gasteiger partial charge in [0.25, 0.3) is 0 Å². The van der Waals surface area contributed by atoms with Crippen molar-refractivity contribution in [2.24, 2.45) is 5.92 Å². The highest BCUT2D eigenvalue weighted by atomic mass is 35.5. The van der Waals surface area contributed by atoms with E-state index in [1.165, 1.54) is 6.20 Å². The first-order valence-corrected chi connectivity index (χ1v) is 19.1. The number of methoxy groups -OCH3 is 1. The third-order valence-electron chi connectivity index (χ3n) is 9.40. The summed E-state index contributed by atoms with van der Waals surface area (Å²) in [6.45, 7) is 15.0. The molecule has 0 bridgehead atoms. The molecule has 2 saturated heterocycles. The lowest BCUT2D eigenvalue weighted by molar-refractivity contribution is -0.134. The van der Waals surface area contributed by atoms with Crippen LogP contribution in [0.5, 0.6) is 5.75 Å². The Morgan fingerprint density at radius 3 is 2.42 bits per heavy atom. The molecular weight excluding hydrogens is 718 g/mol. The smallest absolute Gasteiger partial charge is 0.408 e. The van der Waals surface area contributed by atoms with Crippen LogP contribution >= 0.6 is 11.6 Å². The Morgan fingerprint density at radius 2 is 1.75 bits per heavy atom. The Balaban J connectivity index is 1.14. The van der Waals surface area contributed by atoms with Gasteiger partial charge >= 0.3 is 6.09 Å². The molecule has 288 valence electrons. The second kappa shape index (κ2) is 17.7. The summed E-state index contributed by atoms with van der Waals surface area (Å²) in [7, 11) is 3.37. The third-order valence-corrected chi connectivity index (χ3v) is 10.1. The number of rotatable bonds is 12.